The van der Waals surface area contributed by atoms with Gasteiger partial charge in [0.25, 0.3) is 0 Å². The molecular weight excluding hydrogens is 182 g/mol. The third-order valence-corrected chi connectivity index (χ3v) is 4.16. The van der Waals surface area contributed by atoms with Crippen LogP contribution in [0.15, 0.2) is 0 Å². The molecule has 2 N–H and O–H groups in total. The van der Waals surface area contributed by atoms with Crippen molar-refractivity contribution >= 4 is 0 Å². The van der Waals surface area contributed by atoms with E-state index in [0.717, 1.165) is 11.8 Å². The van der Waals surface area contributed by atoms with Crippen LogP contribution < -0.4 is 5.73 Å². The second-order valence-corrected chi connectivity index (χ2v) is 5.34. The third kappa shape index (κ3) is 4.55. The van der Waals surface area contributed by atoms with Crippen molar-refractivity contribution in [1.29, 1.82) is 0 Å². The first-order valence-corrected chi connectivity index (χ1v) is 7.03. The van der Waals surface area contributed by atoms with Crippen LogP contribution in [-0.4, -0.2) is 6.04 Å². The van der Waals surface area contributed by atoms with Gasteiger partial charge in [-0.3, -0.25) is 0 Å². The Bertz CT molecular complexity index is 155. The molecule has 1 heteroatoms. The molecule has 3 unspecified atom stereocenters. The number of hydrogen-bond acceptors (Lipinski definition) is 1. The van der Waals surface area contributed by atoms with Crippen LogP contribution in [0, 0.1) is 11.8 Å². The van der Waals surface area contributed by atoms with Crippen molar-refractivity contribution in [3.8, 4) is 0 Å². The Kier molecular flexibility index (Phi) is 6.31. The van der Waals surface area contributed by atoms with Gasteiger partial charge in [-0.25, -0.2) is 0 Å². The normalized spacial score (nSPS) is 29.0. The Balaban J connectivity index is 2.22. The van der Waals surface area contributed by atoms with Gasteiger partial charge < -0.3 is 5.73 Å². The molecule has 0 aromatic carbocycles. The Labute approximate surface area is 95.8 Å². The maximum Gasteiger partial charge on any atom is 0.00388 e. The van der Waals surface area contributed by atoms with Crippen LogP contribution in [0.4, 0.5) is 0 Å². The minimum absolute atomic E-state index is 0.467. The van der Waals surface area contributed by atoms with E-state index in [4.69, 9.17) is 5.73 Å². The predicted molar refractivity (Wildman–Crippen MR) is 67.9 cm³/mol. The summed E-state index contributed by atoms with van der Waals surface area (Å²) in [6.45, 7) is 4.59. The van der Waals surface area contributed by atoms with Crippen LogP contribution in [-0.2, 0) is 0 Å². The maximum absolute atomic E-state index is 6.09. The lowest BCUT2D eigenvalue weighted by molar-refractivity contribution is 0.210. The van der Waals surface area contributed by atoms with Crippen LogP contribution in [0.5, 0.6) is 0 Å². The van der Waals surface area contributed by atoms with E-state index in [-0.39, 0.29) is 0 Å². The minimum Gasteiger partial charge on any atom is -0.328 e. The van der Waals surface area contributed by atoms with Crippen LogP contribution in [0.3, 0.4) is 0 Å². The fourth-order valence-corrected chi connectivity index (χ4v) is 3.15. The molecule has 0 amide bonds. The van der Waals surface area contributed by atoms with Crippen LogP contribution >= 0.6 is 0 Å². The van der Waals surface area contributed by atoms with Crippen molar-refractivity contribution in [2.75, 3.05) is 0 Å². The summed E-state index contributed by atoms with van der Waals surface area (Å²) < 4.78 is 0. The van der Waals surface area contributed by atoms with Gasteiger partial charge in [-0.1, -0.05) is 52.4 Å². The average molecular weight is 211 g/mol. The van der Waals surface area contributed by atoms with Gasteiger partial charge in [0.1, 0.15) is 0 Å². The molecule has 0 heterocycles. The monoisotopic (exact) mass is 211 g/mol. The zero-order chi connectivity index (χ0) is 11.1. The second kappa shape index (κ2) is 7.27. The van der Waals surface area contributed by atoms with Crippen molar-refractivity contribution in [3.63, 3.8) is 0 Å². The highest BCUT2D eigenvalue weighted by Gasteiger charge is 2.23. The van der Waals surface area contributed by atoms with Gasteiger partial charge in [-0.15, -0.1) is 0 Å². The molecule has 0 spiro atoms. The van der Waals surface area contributed by atoms with E-state index in [9.17, 15) is 0 Å². The highest BCUT2D eigenvalue weighted by atomic mass is 14.6. The molecular formula is C14H29N. The number of rotatable bonds is 6. The Morgan fingerprint density at radius 3 is 2.33 bits per heavy atom. The molecule has 15 heavy (non-hydrogen) atoms. The fourth-order valence-electron chi connectivity index (χ4n) is 3.15. The van der Waals surface area contributed by atoms with Gasteiger partial charge in [0.2, 0.25) is 0 Å². The Morgan fingerprint density at radius 2 is 1.73 bits per heavy atom. The molecule has 1 aliphatic rings. The van der Waals surface area contributed by atoms with Crippen LogP contribution in [0.2, 0.25) is 0 Å². The number of hydrogen-bond donors (Lipinski definition) is 1. The molecule has 0 aromatic heterocycles. The van der Waals surface area contributed by atoms with Crippen molar-refractivity contribution < 1.29 is 0 Å². The zero-order valence-electron chi connectivity index (χ0n) is 10.7. The lowest BCUT2D eigenvalue weighted by atomic mass is 9.75. The molecule has 0 aliphatic heterocycles. The summed E-state index contributed by atoms with van der Waals surface area (Å²) in [5.74, 6) is 2.00. The van der Waals surface area contributed by atoms with E-state index < -0.39 is 0 Å². The first kappa shape index (κ1) is 13.0. The zero-order valence-corrected chi connectivity index (χ0v) is 10.7. The van der Waals surface area contributed by atoms with E-state index in [2.05, 4.69) is 13.8 Å². The maximum atomic E-state index is 6.09. The summed E-state index contributed by atoms with van der Waals surface area (Å²) in [5, 5.41) is 0. The molecule has 0 saturated heterocycles. The second-order valence-electron chi connectivity index (χ2n) is 5.34. The van der Waals surface area contributed by atoms with Gasteiger partial charge in [0.15, 0.2) is 0 Å². The standard InChI is InChI=1S/C14H29N/c1-3-7-14(15)11-10-13-9-6-5-8-12(13)4-2/h12-14H,3-11,15H2,1-2H3. The van der Waals surface area contributed by atoms with Crippen molar-refractivity contribution in [3.05, 3.63) is 0 Å². The summed E-state index contributed by atoms with van der Waals surface area (Å²) in [4.78, 5) is 0. The van der Waals surface area contributed by atoms with Crippen molar-refractivity contribution in [1.82, 2.24) is 0 Å². The van der Waals surface area contributed by atoms with Crippen LogP contribution in [0.25, 0.3) is 0 Å². The summed E-state index contributed by atoms with van der Waals surface area (Å²) >= 11 is 0. The lowest BCUT2D eigenvalue weighted by Crippen LogP contribution is -2.24. The molecule has 90 valence electrons. The lowest BCUT2D eigenvalue weighted by Gasteiger charge is -2.31. The number of nitrogens with two attached hydrogens (primary N) is 1. The van der Waals surface area contributed by atoms with E-state index in [1.807, 2.05) is 0 Å². The summed E-state index contributed by atoms with van der Waals surface area (Å²) in [5.41, 5.74) is 6.09. The molecule has 1 nitrogen and oxygen atoms in total. The molecule has 0 aromatic rings. The van der Waals surface area contributed by atoms with Crippen LogP contribution in [0.1, 0.15) is 71.6 Å². The molecule has 1 saturated carbocycles. The smallest absolute Gasteiger partial charge is 0.00388 e. The summed E-state index contributed by atoms with van der Waals surface area (Å²) in [6, 6.07) is 0.467. The Hall–Kier alpha value is -0.0400. The highest BCUT2D eigenvalue weighted by molar-refractivity contribution is 4.76. The molecule has 3 atom stereocenters. The summed E-state index contributed by atoms with van der Waals surface area (Å²) in [6.07, 6.45) is 12.4. The quantitative estimate of drug-likeness (QED) is 0.703. The Morgan fingerprint density at radius 1 is 1.07 bits per heavy atom. The highest BCUT2D eigenvalue weighted by Crippen LogP contribution is 2.35. The fraction of sp³-hybridized carbons (Fsp3) is 1.00. The molecule has 1 fully saturated rings. The van der Waals surface area contributed by atoms with Gasteiger partial charge in [-0.2, -0.15) is 0 Å². The third-order valence-electron chi connectivity index (χ3n) is 4.16. The predicted octanol–water partition coefficient (Wildman–Crippen LogP) is 4.11. The summed E-state index contributed by atoms with van der Waals surface area (Å²) in [7, 11) is 0. The largest absolute Gasteiger partial charge is 0.328 e. The van der Waals surface area contributed by atoms with Crippen molar-refractivity contribution in [2.24, 2.45) is 17.6 Å². The molecule has 0 bridgehead atoms. The van der Waals surface area contributed by atoms with E-state index in [1.165, 1.54) is 57.8 Å². The van der Waals surface area contributed by atoms with Gasteiger partial charge in [0, 0.05) is 6.04 Å². The van der Waals surface area contributed by atoms with Crippen molar-refractivity contribution in [2.45, 2.75) is 77.7 Å². The van der Waals surface area contributed by atoms with E-state index in [1.54, 1.807) is 0 Å². The van der Waals surface area contributed by atoms with E-state index >= 15 is 0 Å². The first-order valence-electron chi connectivity index (χ1n) is 7.03. The first-order chi connectivity index (χ1) is 7.27. The van der Waals surface area contributed by atoms with Gasteiger partial charge in [0.05, 0.1) is 0 Å². The minimum atomic E-state index is 0.467. The van der Waals surface area contributed by atoms with Gasteiger partial charge in [-0.05, 0) is 31.1 Å². The average Bonchev–Trinajstić information content (AvgIpc) is 2.27. The van der Waals surface area contributed by atoms with Gasteiger partial charge >= 0.3 is 0 Å². The molecule has 1 rings (SSSR count). The molecule has 0 radical (unpaired) electrons. The van der Waals surface area contributed by atoms with E-state index in [0.29, 0.717) is 6.04 Å². The molecule has 1 aliphatic carbocycles. The topological polar surface area (TPSA) is 26.0 Å². The SMILES string of the molecule is CCCC(N)CCC1CCCCC1CC.